The molecule has 0 saturated carbocycles. The van der Waals surface area contributed by atoms with Crippen molar-refractivity contribution in [2.45, 2.75) is 206 Å². The number of unbranched alkanes of at least 4 members (excludes halogenated alkanes) is 24. The third-order valence-electron chi connectivity index (χ3n) is 9.12. The highest BCUT2D eigenvalue weighted by Gasteiger charge is 2.35. The lowest BCUT2D eigenvalue weighted by Gasteiger charge is -2.29. The van der Waals surface area contributed by atoms with Crippen LogP contribution >= 0.6 is 0 Å². The Labute approximate surface area is 270 Å². The number of ether oxygens (including phenoxy) is 2. The smallest absolute Gasteiger partial charge is 0.181 e. The van der Waals surface area contributed by atoms with Crippen LogP contribution in [0.2, 0.25) is 0 Å². The van der Waals surface area contributed by atoms with E-state index in [4.69, 9.17) is 9.47 Å². The summed E-state index contributed by atoms with van der Waals surface area (Å²) in [6, 6.07) is 0. The summed E-state index contributed by atoms with van der Waals surface area (Å²) in [5, 5.41) is 3.47. The van der Waals surface area contributed by atoms with E-state index in [0.717, 1.165) is 45.6 Å². The zero-order valence-corrected chi connectivity index (χ0v) is 29.5. The quantitative estimate of drug-likeness (QED) is 0.0451. The van der Waals surface area contributed by atoms with Crippen molar-refractivity contribution in [3.63, 3.8) is 0 Å². The summed E-state index contributed by atoms with van der Waals surface area (Å²) in [6.07, 6.45) is 48.3. The van der Waals surface area contributed by atoms with Crippen LogP contribution in [0.5, 0.6) is 0 Å². The standard InChI is InChI=1S/C40H77NO2/c1-3-5-7-9-11-13-15-17-19-21-23-25-27-29-31-33-37-42-40(35-36-41-39-40)43-38-34-32-30-28-26-24-22-20-18-16-14-12-10-8-6-4-2/h17-20,41H,3-16,21-39H2,1-2H3/b19-17-,20-18-. The molecule has 1 saturated heterocycles. The average Bonchev–Trinajstić information content (AvgIpc) is 3.49. The normalized spacial score (nSPS) is 15.0. The van der Waals surface area contributed by atoms with Crippen molar-refractivity contribution in [2.24, 2.45) is 0 Å². The number of rotatable bonds is 34. The van der Waals surface area contributed by atoms with E-state index < -0.39 is 0 Å². The van der Waals surface area contributed by atoms with Crippen LogP contribution in [0.15, 0.2) is 24.3 Å². The van der Waals surface area contributed by atoms with Crippen LogP contribution in [0.1, 0.15) is 200 Å². The van der Waals surface area contributed by atoms with E-state index in [1.165, 1.54) is 167 Å². The Hall–Kier alpha value is -0.640. The lowest BCUT2D eigenvalue weighted by molar-refractivity contribution is -0.224. The molecule has 43 heavy (non-hydrogen) atoms. The largest absolute Gasteiger partial charge is 0.349 e. The van der Waals surface area contributed by atoms with Crippen LogP contribution in [0.25, 0.3) is 0 Å². The molecule has 0 spiro atoms. The van der Waals surface area contributed by atoms with Crippen molar-refractivity contribution in [2.75, 3.05) is 26.3 Å². The highest BCUT2D eigenvalue weighted by molar-refractivity contribution is 4.83. The summed E-state index contributed by atoms with van der Waals surface area (Å²) < 4.78 is 12.7. The molecular weight excluding hydrogens is 526 g/mol. The molecule has 0 bridgehead atoms. The molecule has 1 N–H and O–H groups in total. The van der Waals surface area contributed by atoms with Gasteiger partial charge in [0.15, 0.2) is 5.79 Å². The molecule has 0 amide bonds. The van der Waals surface area contributed by atoms with Gasteiger partial charge in [-0.3, -0.25) is 0 Å². The van der Waals surface area contributed by atoms with Gasteiger partial charge in [0.05, 0.1) is 13.2 Å². The molecule has 1 rings (SSSR count). The maximum atomic E-state index is 6.34. The minimum absolute atomic E-state index is 0.357. The van der Waals surface area contributed by atoms with E-state index in [1.807, 2.05) is 0 Å². The second-order valence-corrected chi connectivity index (χ2v) is 13.4. The number of allylic oxidation sites excluding steroid dienone is 4. The molecule has 3 heteroatoms. The van der Waals surface area contributed by atoms with Gasteiger partial charge in [0.1, 0.15) is 0 Å². The zero-order chi connectivity index (χ0) is 30.8. The first kappa shape index (κ1) is 40.4. The van der Waals surface area contributed by atoms with Crippen molar-refractivity contribution >= 4 is 0 Å². The molecule has 0 aromatic carbocycles. The molecule has 254 valence electrons. The van der Waals surface area contributed by atoms with Crippen LogP contribution in [0.3, 0.4) is 0 Å². The van der Waals surface area contributed by atoms with Crippen LogP contribution in [-0.4, -0.2) is 32.1 Å². The van der Waals surface area contributed by atoms with Gasteiger partial charge in [-0.2, -0.15) is 0 Å². The summed E-state index contributed by atoms with van der Waals surface area (Å²) in [5.74, 6) is -0.357. The third-order valence-corrected chi connectivity index (χ3v) is 9.12. The van der Waals surface area contributed by atoms with Gasteiger partial charge in [-0.15, -0.1) is 0 Å². The van der Waals surface area contributed by atoms with Crippen LogP contribution in [-0.2, 0) is 9.47 Å². The monoisotopic (exact) mass is 604 g/mol. The molecule has 1 fully saturated rings. The lowest BCUT2D eigenvalue weighted by Crippen LogP contribution is -2.39. The summed E-state index contributed by atoms with van der Waals surface area (Å²) in [5.41, 5.74) is 0. The predicted octanol–water partition coefficient (Wildman–Crippen LogP) is 12.8. The molecule has 3 nitrogen and oxygen atoms in total. The van der Waals surface area contributed by atoms with Crippen molar-refractivity contribution in [1.82, 2.24) is 5.32 Å². The van der Waals surface area contributed by atoms with Crippen LogP contribution in [0, 0.1) is 0 Å². The van der Waals surface area contributed by atoms with E-state index >= 15 is 0 Å². The Bertz CT molecular complexity index is 549. The fourth-order valence-electron chi connectivity index (χ4n) is 6.15. The topological polar surface area (TPSA) is 30.5 Å². The molecule has 0 aliphatic carbocycles. The average molecular weight is 604 g/mol. The minimum Gasteiger partial charge on any atom is -0.349 e. The van der Waals surface area contributed by atoms with Gasteiger partial charge in [0.2, 0.25) is 0 Å². The Kier molecular flexibility index (Phi) is 30.8. The Morgan fingerprint density at radius 3 is 1.09 bits per heavy atom. The number of nitrogens with one attached hydrogen (secondary N) is 1. The molecule has 0 unspecified atom stereocenters. The van der Waals surface area contributed by atoms with Gasteiger partial charge in [-0.25, -0.2) is 0 Å². The second kappa shape index (κ2) is 32.7. The van der Waals surface area contributed by atoms with Gasteiger partial charge in [0.25, 0.3) is 0 Å². The van der Waals surface area contributed by atoms with Gasteiger partial charge in [-0.1, -0.05) is 154 Å². The molecule has 1 aliphatic rings. The molecule has 1 heterocycles. The summed E-state index contributed by atoms with van der Waals surface area (Å²) >= 11 is 0. The van der Waals surface area contributed by atoms with Crippen molar-refractivity contribution in [3.05, 3.63) is 24.3 Å². The zero-order valence-electron chi connectivity index (χ0n) is 29.5. The third kappa shape index (κ3) is 27.4. The van der Waals surface area contributed by atoms with E-state index in [0.29, 0.717) is 0 Å². The van der Waals surface area contributed by atoms with Crippen molar-refractivity contribution in [1.29, 1.82) is 0 Å². The summed E-state index contributed by atoms with van der Waals surface area (Å²) in [4.78, 5) is 0. The minimum atomic E-state index is -0.357. The van der Waals surface area contributed by atoms with Crippen LogP contribution in [0.4, 0.5) is 0 Å². The number of hydrogen-bond acceptors (Lipinski definition) is 3. The second-order valence-electron chi connectivity index (χ2n) is 13.4. The van der Waals surface area contributed by atoms with E-state index in [1.54, 1.807) is 0 Å². The van der Waals surface area contributed by atoms with E-state index in [2.05, 4.69) is 43.5 Å². The fourth-order valence-corrected chi connectivity index (χ4v) is 6.15. The number of hydrogen-bond donors (Lipinski definition) is 1. The summed E-state index contributed by atoms with van der Waals surface area (Å²) in [6.45, 7) is 8.13. The van der Waals surface area contributed by atoms with Gasteiger partial charge >= 0.3 is 0 Å². The maximum Gasteiger partial charge on any atom is 0.181 e. The Morgan fingerprint density at radius 2 is 0.767 bits per heavy atom. The molecule has 0 radical (unpaired) electrons. The van der Waals surface area contributed by atoms with E-state index in [-0.39, 0.29) is 5.79 Å². The maximum absolute atomic E-state index is 6.34. The molecule has 0 aromatic rings. The first-order valence-corrected chi connectivity index (χ1v) is 19.6. The highest BCUT2D eigenvalue weighted by atomic mass is 16.7. The molecule has 1 aliphatic heterocycles. The van der Waals surface area contributed by atoms with Gasteiger partial charge in [-0.05, 0) is 64.2 Å². The Balaban J connectivity index is 1.88. The van der Waals surface area contributed by atoms with Gasteiger partial charge < -0.3 is 14.8 Å². The predicted molar refractivity (Wildman–Crippen MR) is 191 cm³/mol. The van der Waals surface area contributed by atoms with Crippen molar-refractivity contribution < 1.29 is 9.47 Å². The first-order valence-electron chi connectivity index (χ1n) is 19.6. The lowest BCUT2D eigenvalue weighted by atomic mass is 10.1. The van der Waals surface area contributed by atoms with Crippen LogP contribution < -0.4 is 5.32 Å². The molecular formula is C40H77NO2. The Morgan fingerprint density at radius 1 is 0.442 bits per heavy atom. The highest BCUT2D eigenvalue weighted by Crippen LogP contribution is 2.23. The summed E-state index contributed by atoms with van der Waals surface area (Å²) in [7, 11) is 0. The van der Waals surface area contributed by atoms with Crippen molar-refractivity contribution in [3.8, 4) is 0 Å². The van der Waals surface area contributed by atoms with E-state index in [9.17, 15) is 0 Å². The molecule has 0 atom stereocenters. The molecule has 0 aromatic heterocycles. The fraction of sp³-hybridized carbons (Fsp3) is 0.900. The SMILES string of the molecule is CCCCCCCC/C=C\CCCCCCCCOC1(OCCCCCCCC/C=C\CCCCCCCC)CCNC1. The van der Waals surface area contributed by atoms with Gasteiger partial charge in [0, 0.05) is 19.5 Å². The first-order chi connectivity index (χ1) is 21.3.